The molecule has 1 saturated heterocycles. The monoisotopic (exact) mass is 408 g/mol. The molecule has 1 aliphatic heterocycles. The quantitative estimate of drug-likeness (QED) is 0.647. The summed E-state index contributed by atoms with van der Waals surface area (Å²) in [5.74, 6) is 1.58. The molecule has 0 unspecified atom stereocenters. The molecule has 1 fully saturated rings. The zero-order valence-corrected chi connectivity index (χ0v) is 17.4. The van der Waals surface area contributed by atoms with Crippen molar-refractivity contribution in [2.45, 2.75) is 45.7 Å². The zero-order valence-electron chi connectivity index (χ0n) is 17.4. The smallest absolute Gasteiger partial charge is 0.242 e. The molecular weight excluding hydrogens is 380 g/mol. The van der Waals surface area contributed by atoms with Crippen molar-refractivity contribution in [3.05, 3.63) is 42.4 Å². The van der Waals surface area contributed by atoms with Gasteiger partial charge < -0.3 is 15.0 Å². The van der Waals surface area contributed by atoms with E-state index in [1.807, 2.05) is 31.2 Å². The Hall–Kier alpha value is -3.16. The summed E-state index contributed by atoms with van der Waals surface area (Å²) in [4.78, 5) is 23.8. The van der Waals surface area contributed by atoms with E-state index >= 15 is 0 Å². The number of carbonyl (C=O) groups is 1. The molecule has 3 heterocycles. The van der Waals surface area contributed by atoms with Crippen LogP contribution < -0.4 is 15.0 Å². The summed E-state index contributed by atoms with van der Waals surface area (Å²) >= 11 is 0. The normalized spacial score (nSPS) is 14.5. The molecule has 1 N–H and O–H groups in total. The van der Waals surface area contributed by atoms with Crippen LogP contribution in [-0.4, -0.2) is 45.4 Å². The van der Waals surface area contributed by atoms with E-state index < -0.39 is 0 Å². The van der Waals surface area contributed by atoms with E-state index in [1.165, 1.54) is 25.7 Å². The van der Waals surface area contributed by atoms with E-state index in [0.717, 1.165) is 35.6 Å². The maximum atomic E-state index is 12.6. The van der Waals surface area contributed by atoms with Crippen LogP contribution in [0.4, 0.5) is 5.82 Å². The molecule has 0 atom stereocenters. The van der Waals surface area contributed by atoms with Crippen molar-refractivity contribution >= 4 is 22.8 Å². The molecule has 0 saturated carbocycles. The van der Waals surface area contributed by atoms with Crippen molar-refractivity contribution < 1.29 is 9.53 Å². The third-order valence-electron chi connectivity index (χ3n) is 5.36. The largest absolute Gasteiger partial charge is 0.494 e. The van der Waals surface area contributed by atoms with E-state index in [-0.39, 0.29) is 12.5 Å². The molecule has 0 aliphatic carbocycles. The Morgan fingerprint density at radius 3 is 2.73 bits per heavy atom. The molecule has 8 heteroatoms. The van der Waals surface area contributed by atoms with Gasteiger partial charge in [-0.2, -0.15) is 5.10 Å². The van der Waals surface area contributed by atoms with Gasteiger partial charge in [0.25, 0.3) is 0 Å². The molecule has 0 bridgehead atoms. The van der Waals surface area contributed by atoms with Gasteiger partial charge in [-0.05, 0) is 25.8 Å². The van der Waals surface area contributed by atoms with Gasteiger partial charge in [0.05, 0.1) is 18.2 Å². The van der Waals surface area contributed by atoms with Gasteiger partial charge in [0.2, 0.25) is 5.91 Å². The number of ether oxygens (including phenoxy) is 1. The van der Waals surface area contributed by atoms with Crippen LogP contribution >= 0.6 is 0 Å². The van der Waals surface area contributed by atoms with Crippen LogP contribution in [0.1, 0.15) is 38.2 Å². The van der Waals surface area contributed by atoms with Crippen molar-refractivity contribution in [3.8, 4) is 5.75 Å². The maximum absolute atomic E-state index is 12.6. The number of anilines is 1. The van der Waals surface area contributed by atoms with Gasteiger partial charge in [-0.1, -0.05) is 31.0 Å². The summed E-state index contributed by atoms with van der Waals surface area (Å²) in [6, 6.07) is 7.72. The first kappa shape index (κ1) is 20.1. The Balaban J connectivity index is 1.45. The first-order valence-electron chi connectivity index (χ1n) is 10.6. The maximum Gasteiger partial charge on any atom is 0.242 e. The fourth-order valence-corrected chi connectivity index (χ4v) is 3.86. The number of hydrogen-bond donors (Lipinski definition) is 1. The topological polar surface area (TPSA) is 85.2 Å². The number of nitrogens with one attached hydrogen (secondary N) is 1. The number of para-hydroxylation sites is 1. The molecule has 8 nitrogen and oxygen atoms in total. The second kappa shape index (κ2) is 9.56. The predicted octanol–water partition coefficient (Wildman–Crippen LogP) is 2.92. The van der Waals surface area contributed by atoms with Gasteiger partial charge in [0.1, 0.15) is 24.4 Å². The van der Waals surface area contributed by atoms with Crippen LogP contribution in [0.15, 0.2) is 36.8 Å². The molecule has 30 heavy (non-hydrogen) atoms. The highest BCUT2D eigenvalue weighted by Gasteiger charge is 2.18. The SMILES string of the molecule is CCOc1ccccc1CNC(=O)Cn1ncc2c(N3CCCCCC3)ncnc21. The molecule has 1 amide bonds. The molecular formula is C22H28N6O2. The van der Waals surface area contributed by atoms with Crippen LogP contribution in [-0.2, 0) is 17.9 Å². The summed E-state index contributed by atoms with van der Waals surface area (Å²) in [5, 5.41) is 8.27. The standard InChI is InChI=1S/C22H28N6O2/c1-2-30-19-10-6-5-9-17(19)13-23-20(29)15-28-22-18(14-26-28)21(24-16-25-22)27-11-7-3-4-8-12-27/h5-6,9-10,14,16H,2-4,7-8,11-13,15H2,1H3,(H,23,29). The minimum absolute atomic E-state index is 0.108. The summed E-state index contributed by atoms with van der Waals surface area (Å²) in [6.45, 7) is 5.04. The number of benzene rings is 1. The minimum Gasteiger partial charge on any atom is -0.494 e. The highest BCUT2D eigenvalue weighted by atomic mass is 16.5. The number of nitrogens with zero attached hydrogens (tertiary/aromatic N) is 5. The molecule has 2 aromatic heterocycles. The Labute approximate surface area is 176 Å². The lowest BCUT2D eigenvalue weighted by Crippen LogP contribution is -2.28. The third-order valence-corrected chi connectivity index (χ3v) is 5.36. The second-order valence-electron chi connectivity index (χ2n) is 7.46. The van der Waals surface area contributed by atoms with Gasteiger partial charge in [-0.15, -0.1) is 0 Å². The number of aromatic nitrogens is 4. The summed E-state index contributed by atoms with van der Waals surface area (Å²) < 4.78 is 7.26. The first-order valence-corrected chi connectivity index (χ1v) is 10.6. The van der Waals surface area contributed by atoms with Crippen molar-refractivity contribution in [3.63, 3.8) is 0 Å². The van der Waals surface area contributed by atoms with Gasteiger partial charge >= 0.3 is 0 Å². The van der Waals surface area contributed by atoms with Crippen LogP contribution in [0.25, 0.3) is 11.0 Å². The molecule has 0 spiro atoms. The molecule has 0 radical (unpaired) electrons. The number of hydrogen-bond acceptors (Lipinski definition) is 6. The van der Waals surface area contributed by atoms with Crippen molar-refractivity contribution in [1.82, 2.24) is 25.1 Å². The second-order valence-corrected chi connectivity index (χ2v) is 7.46. The van der Waals surface area contributed by atoms with E-state index in [0.29, 0.717) is 18.8 Å². The average Bonchev–Trinajstić information content (AvgIpc) is 2.98. The fourth-order valence-electron chi connectivity index (χ4n) is 3.86. The van der Waals surface area contributed by atoms with Crippen molar-refractivity contribution in [2.75, 3.05) is 24.6 Å². The summed E-state index contributed by atoms with van der Waals surface area (Å²) in [6.07, 6.45) is 8.20. The molecule has 4 rings (SSSR count). The fraction of sp³-hybridized carbons (Fsp3) is 0.455. The Morgan fingerprint density at radius 2 is 1.93 bits per heavy atom. The number of amides is 1. The van der Waals surface area contributed by atoms with Crippen molar-refractivity contribution in [2.24, 2.45) is 0 Å². The van der Waals surface area contributed by atoms with Gasteiger partial charge in [0, 0.05) is 25.2 Å². The highest BCUT2D eigenvalue weighted by molar-refractivity contribution is 5.87. The van der Waals surface area contributed by atoms with Gasteiger partial charge in [0.15, 0.2) is 5.65 Å². The predicted molar refractivity (Wildman–Crippen MR) is 115 cm³/mol. The van der Waals surface area contributed by atoms with E-state index in [2.05, 4.69) is 25.3 Å². The lowest BCUT2D eigenvalue weighted by molar-refractivity contribution is -0.121. The number of fused-ring (bicyclic) bond motifs is 1. The third kappa shape index (κ3) is 4.53. The average molecular weight is 409 g/mol. The zero-order chi connectivity index (χ0) is 20.8. The van der Waals surface area contributed by atoms with Crippen molar-refractivity contribution in [1.29, 1.82) is 0 Å². The Morgan fingerprint density at radius 1 is 1.13 bits per heavy atom. The van der Waals surface area contributed by atoms with Crippen LogP contribution in [0.2, 0.25) is 0 Å². The Bertz CT molecular complexity index is 994. The molecule has 1 aliphatic rings. The van der Waals surface area contributed by atoms with E-state index in [1.54, 1.807) is 17.2 Å². The van der Waals surface area contributed by atoms with E-state index in [9.17, 15) is 4.79 Å². The summed E-state index contributed by atoms with van der Waals surface area (Å²) in [7, 11) is 0. The molecule has 1 aromatic carbocycles. The lowest BCUT2D eigenvalue weighted by Gasteiger charge is -2.21. The Kier molecular flexibility index (Phi) is 6.41. The molecule has 3 aromatic rings. The highest BCUT2D eigenvalue weighted by Crippen LogP contribution is 2.25. The molecule has 158 valence electrons. The number of carbonyl (C=O) groups excluding carboxylic acids is 1. The minimum atomic E-state index is -0.124. The lowest BCUT2D eigenvalue weighted by atomic mass is 10.2. The first-order chi connectivity index (χ1) is 14.8. The summed E-state index contributed by atoms with van der Waals surface area (Å²) in [5.41, 5.74) is 1.64. The van der Waals surface area contributed by atoms with Crippen LogP contribution in [0, 0.1) is 0 Å². The van der Waals surface area contributed by atoms with Crippen LogP contribution in [0.5, 0.6) is 5.75 Å². The van der Waals surface area contributed by atoms with Crippen LogP contribution in [0.3, 0.4) is 0 Å². The van der Waals surface area contributed by atoms with E-state index in [4.69, 9.17) is 4.74 Å². The number of rotatable bonds is 7. The van der Waals surface area contributed by atoms with Gasteiger partial charge in [-0.3, -0.25) is 4.79 Å². The van der Waals surface area contributed by atoms with Gasteiger partial charge in [-0.25, -0.2) is 14.6 Å².